The topological polar surface area (TPSA) is 40.5 Å². The van der Waals surface area contributed by atoms with Gasteiger partial charge >= 0.3 is 0 Å². The van der Waals surface area contributed by atoms with Gasteiger partial charge in [-0.15, -0.1) is 0 Å². The van der Waals surface area contributed by atoms with Crippen molar-refractivity contribution in [3.05, 3.63) is 70.8 Å². The maximum absolute atomic E-state index is 11.5. The van der Waals surface area contributed by atoms with Gasteiger partial charge in [0, 0.05) is 26.4 Å². The zero-order valence-corrected chi connectivity index (χ0v) is 12.8. The van der Waals surface area contributed by atoms with Crippen LogP contribution in [0.25, 0.3) is 0 Å². The molecule has 1 atom stereocenters. The molecule has 3 heteroatoms. The lowest BCUT2D eigenvalue weighted by Gasteiger charge is -2.28. The van der Waals surface area contributed by atoms with E-state index in [1.165, 1.54) is 5.56 Å². The molecule has 3 nitrogen and oxygen atoms in total. The van der Waals surface area contributed by atoms with Crippen molar-refractivity contribution < 1.29 is 9.90 Å². The van der Waals surface area contributed by atoms with E-state index in [4.69, 9.17) is 0 Å². The Bertz CT molecular complexity index is 666. The van der Waals surface area contributed by atoms with Crippen LogP contribution in [0.1, 0.15) is 35.3 Å². The minimum atomic E-state index is -0.514. The highest BCUT2D eigenvalue weighted by Crippen LogP contribution is 2.25. The standard InChI is InChI=1S/C19H21NO2/c1-14(21)20-10-9-16-7-8-17(12-18(16)13-20)19(22)11-15-5-3-2-4-6-15/h2-8,12,19,22H,9-11,13H2,1H3. The van der Waals surface area contributed by atoms with Gasteiger partial charge in [0.05, 0.1) is 6.10 Å². The molecule has 0 fully saturated rings. The van der Waals surface area contributed by atoms with E-state index in [-0.39, 0.29) is 5.91 Å². The van der Waals surface area contributed by atoms with Crippen molar-refractivity contribution in [2.24, 2.45) is 0 Å². The highest BCUT2D eigenvalue weighted by atomic mass is 16.3. The molecule has 2 aromatic carbocycles. The highest BCUT2D eigenvalue weighted by Gasteiger charge is 2.19. The van der Waals surface area contributed by atoms with Gasteiger partial charge in [0.25, 0.3) is 0 Å². The van der Waals surface area contributed by atoms with E-state index < -0.39 is 6.10 Å². The number of hydrogen-bond donors (Lipinski definition) is 1. The lowest BCUT2D eigenvalue weighted by Crippen LogP contribution is -2.34. The second kappa shape index (κ2) is 6.32. The second-order valence-corrected chi connectivity index (χ2v) is 5.92. The van der Waals surface area contributed by atoms with E-state index in [0.717, 1.165) is 29.7 Å². The number of rotatable bonds is 3. The first-order valence-electron chi connectivity index (χ1n) is 7.72. The van der Waals surface area contributed by atoms with Crippen LogP contribution in [0.15, 0.2) is 48.5 Å². The largest absolute Gasteiger partial charge is 0.388 e. The summed E-state index contributed by atoms with van der Waals surface area (Å²) in [7, 11) is 0. The molecule has 1 N–H and O–H groups in total. The number of benzene rings is 2. The number of nitrogens with zero attached hydrogens (tertiary/aromatic N) is 1. The highest BCUT2D eigenvalue weighted by molar-refractivity contribution is 5.73. The van der Waals surface area contributed by atoms with Crippen molar-refractivity contribution >= 4 is 5.91 Å². The van der Waals surface area contributed by atoms with Crippen molar-refractivity contribution in [1.29, 1.82) is 0 Å². The number of fused-ring (bicyclic) bond motifs is 1. The molecule has 0 bridgehead atoms. The monoisotopic (exact) mass is 295 g/mol. The van der Waals surface area contributed by atoms with Crippen molar-refractivity contribution in [1.82, 2.24) is 4.90 Å². The zero-order chi connectivity index (χ0) is 15.5. The quantitative estimate of drug-likeness (QED) is 0.946. The van der Waals surface area contributed by atoms with Gasteiger partial charge in [0.15, 0.2) is 0 Å². The van der Waals surface area contributed by atoms with Gasteiger partial charge in [0.2, 0.25) is 5.91 Å². The maximum Gasteiger partial charge on any atom is 0.219 e. The fourth-order valence-electron chi connectivity index (χ4n) is 3.01. The van der Waals surface area contributed by atoms with Crippen molar-refractivity contribution in [3.8, 4) is 0 Å². The molecular weight excluding hydrogens is 274 g/mol. The Hall–Kier alpha value is -2.13. The van der Waals surface area contributed by atoms with Gasteiger partial charge < -0.3 is 10.0 Å². The first kappa shape index (κ1) is 14.8. The van der Waals surface area contributed by atoms with E-state index in [1.807, 2.05) is 41.3 Å². The molecule has 0 aromatic heterocycles. The lowest BCUT2D eigenvalue weighted by atomic mass is 9.93. The minimum Gasteiger partial charge on any atom is -0.388 e. The number of amides is 1. The van der Waals surface area contributed by atoms with Crippen molar-refractivity contribution in [2.75, 3.05) is 6.54 Å². The summed E-state index contributed by atoms with van der Waals surface area (Å²) < 4.78 is 0. The van der Waals surface area contributed by atoms with Crippen LogP contribution < -0.4 is 0 Å². The van der Waals surface area contributed by atoms with E-state index in [9.17, 15) is 9.90 Å². The average Bonchev–Trinajstić information content (AvgIpc) is 2.54. The van der Waals surface area contributed by atoms with E-state index in [2.05, 4.69) is 12.1 Å². The predicted molar refractivity (Wildman–Crippen MR) is 86.3 cm³/mol. The third-order valence-corrected chi connectivity index (χ3v) is 4.34. The number of aliphatic hydroxyl groups is 1. The molecule has 1 aliphatic heterocycles. The molecule has 114 valence electrons. The Labute approximate surface area is 131 Å². The van der Waals surface area contributed by atoms with Crippen LogP contribution in [0.5, 0.6) is 0 Å². The van der Waals surface area contributed by atoms with Crippen LogP contribution in [-0.4, -0.2) is 22.5 Å². The van der Waals surface area contributed by atoms with Gasteiger partial charge in [-0.25, -0.2) is 0 Å². The lowest BCUT2D eigenvalue weighted by molar-refractivity contribution is -0.129. The number of hydrogen-bond acceptors (Lipinski definition) is 2. The van der Waals surface area contributed by atoms with Gasteiger partial charge in [-0.1, -0.05) is 48.5 Å². The van der Waals surface area contributed by atoms with E-state index in [0.29, 0.717) is 13.0 Å². The molecule has 0 spiro atoms. The van der Waals surface area contributed by atoms with Crippen LogP contribution in [0.2, 0.25) is 0 Å². The molecule has 0 radical (unpaired) electrons. The second-order valence-electron chi connectivity index (χ2n) is 5.92. The Morgan fingerprint density at radius 1 is 1.18 bits per heavy atom. The summed E-state index contributed by atoms with van der Waals surface area (Å²) in [6, 6.07) is 16.2. The Morgan fingerprint density at radius 3 is 2.68 bits per heavy atom. The van der Waals surface area contributed by atoms with Gasteiger partial charge in [0.1, 0.15) is 0 Å². The third kappa shape index (κ3) is 3.20. The Balaban J connectivity index is 1.78. The van der Waals surface area contributed by atoms with Crippen LogP contribution in [0, 0.1) is 0 Å². The zero-order valence-electron chi connectivity index (χ0n) is 12.8. The summed E-state index contributed by atoms with van der Waals surface area (Å²) in [5.74, 6) is 0.112. The van der Waals surface area contributed by atoms with Crippen LogP contribution in [0.3, 0.4) is 0 Å². The van der Waals surface area contributed by atoms with E-state index >= 15 is 0 Å². The van der Waals surface area contributed by atoms with Crippen LogP contribution >= 0.6 is 0 Å². The summed E-state index contributed by atoms with van der Waals surface area (Å²) in [5, 5.41) is 10.5. The van der Waals surface area contributed by atoms with Crippen molar-refractivity contribution in [2.45, 2.75) is 32.4 Å². The Morgan fingerprint density at radius 2 is 1.95 bits per heavy atom. The van der Waals surface area contributed by atoms with Gasteiger partial charge in [-0.3, -0.25) is 4.79 Å². The number of carbonyl (C=O) groups excluding carboxylic acids is 1. The molecule has 3 rings (SSSR count). The summed E-state index contributed by atoms with van der Waals surface area (Å²) in [6.07, 6.45) is 0.987. The van der Waals surface area contributed by atoms with Crippen molar-refractivity contribution in [3.63, 3.8) is 0 Å². The van der Waals surface area contributed by atoms with Crippen LogP contribution in [0.4, 0.5) is 0 Å². The normalized spacial score (nSPS) is 15.3. The Kier molecular flexibility index (Phi) is 4.25. The molecule has 1 heterocycles. The molecule has 0 aliphatic carbocycles. The molecule has 1 amide bonds. The summed E-state index contributed by atoms with van der Waals surface area (Å²) in [4.78, 5) is 13.4. The average molecular weight is 295 g/mol. The molecule has 22 heavy (non-hydrogen) atoms. The van der Waals surface area contributed by atoms with Gasteiger partial charge in [-0.05, 0) is 28.7 Å². The first-order chi connectivity index (χ1) is 10.6. The fraction of sp³-hybridized carbons (Fsp3) is 0.316. The molecule has 0 saturated carbocycles. The SMILES string of the molecule is CC(=O)N1CCc2ccc(C(O)Cc3ccccc3)cc2C1. The summed E-state index contributed by atoms with van der Waals surface area (Å²) >= 11 is 0. The fourth-order valence-corrected chi connectivity index (χ4v) is 3.01. The first-order valence-corrected chi connectivity index (χ1v) is 7.72. The smallest absolute Gasteiger partial charge is 0.219 e. The summed E-state index contributed by atoms with van der Waals surface area (Å²) in [5.41, 5.74) is 4.49. The molecule has 1 aliphatic rings. The molecule has 1 unspecified atom stereocenters. The number of carbonyl (C=O) groups is 1. The number of aliphatic hydroxyl groups excluding tert-OH is 1. The molecule has 0 saturated heterocycles. The van der Waals surface area contributed by atoms with Crippen LogP contribution in [-0.2, 0) is 24.2 Å². The third-order valence-electron chi connectivity index (χ3n) is 4.34. The van der Waals surface area contributed by atoms with Gasteiger partial charge in [-0.2, -0.15) is 0 Å². The maximum atomic E-state index is 11.5. The molecular formula is C19H21NO2. The molecule has 2 aromatic rings. The van der Waals surface area contributed by atoms with E-state index in [1.54, 1.807) is 6.92 Å². The minimum absolute atomic E-state index is 0.112. The predicted octanol–water partition coefficient (Wildman–Crippen LogP) is 2.87. The summed E-state index contributed by atoms with van der Waals surface area (Å²) in [6.45, 7) is 3.05.